The number of benzene rings is 1. The summed E-state index contributed by atoms with van der Waals surface area (Å²) in [6, 6.07) is 8.95. The van der Waals surface area contributed by atoms with E-state index in [0.717, 1.165) is 5.56 Å². The molecule has 3 aromatic rings. The molecule has 0 bridgehead atoms. The molecule has 0 fully saturated rings. The molecule has 0 aliphatic carbocycles. The Bertz CT molecular complexity index is 1060. The van der Waals surface area contributed by atoms with Gasteiger partial charge in [-0.1, -0.05) is 29.7 Å². The standard InChI is InChI=1S/C19H18ClN5O3/c1-10(16-17(19(22)27)24-28-18(16)11(2)26)9-25-6-5-15(23-25)12-3-4-13(8-21)14(20)7-12/h3-7,10-11,26H,9H2,1-2H3,(H2,22,27)/t10?,11-/m0/s1. The molecule has 2 atom stereocenters. The lowest BCUT2D eigenvalue weighted by Crippen LogP contribution is -2.17. The summed E-state index contributed by atoms with van der Waals surface area (Å²) in [5, 5.41) is 27.5. The first-order valence-electron chi connectivity index (χ1n) is 8.52. The lowest BCUT2D eigenvalue weighted by atomic mass is 9.96. The van der Waals surface area contributed by atoms with Gasteiger partial charge in [-0.2, -0.15) is 10.4 Å². The van der Waals surface area contributed by atoms with Crippen molar-refractivity contribution in [3.8, 4) is 17.3 Å². The van der Waals surface area contributed by atoms with E-state index in [9.17, 15) is 9.90 Å². The summed E-state index contributed by atoms with van der Waals surface area (Å²) in [6.45, 7) is 3.80. The minimum absolute atomic E-state index is 0.00894. The van der Waals surface area contributed by atoms with E-state index < -0.39 is 12.0 Å². The summed E-state index contributed by atoms with van der Waals surface area (Å²) in [5.41, 5.74) is 7.73. The molecule has 0 spiro atoms. The van der Waals surface area contributed by atoms with Crippen LogP contribution in [-0.2, 0) is 6.54 Å². The number of primary amides is 1. The predicted octanol–water partition coefficient (Wildman–Crippen LogP) is 3.02. The highest BCUT2D eigenvalue weighted by atomic mass is 35.5. The predicted molar refractivity (Wildman–Crippen MR) is 101 cm³/mol. The second-order valence-corrected chi connectivity index (χ2v) is 6.89. The summed E-state index contributed by atoms with van der Waals surface area (Å²) in [4.78, 5) is 11.6. The number of aliphatic hydroxyl groups is 1. The van der Waals surface area contributed by atoms with Crippen molar-refractivity contribution in [3.63, 3.8) is 0 Å². The van der Waals surface area contributed by atoms with Crippen molar-refractivity contribution in [1.82, 2.24) is 14.9 Å². The first kappa shape index (κ1) is 19.6. The number of carbonyl (C=O) groups is 1. The summed E-state index contributed by atoms with van der Waals surface area (Å²) < 4.78 is 6.82. The van der Waals surface area contributed by atoms with E-state index in [0.29, 0.717) is 28.4 Å². The zero-order valence-electron chi connectivity index (χ0n) is 15.3. The Kier molecular flexibility index (Phi) is 5.49. The third-order valence-corrected chi connectivity index (χ3v) is 4.66. The minimum Gasteiger partial charge on any atom is -0.385 e. The van der Waals surface area contributed by atoms with Crippen LogP contribution in [0.25, 0.3) is 11.3 Å². The van der Waals surface area contributed by atoms with E-state index in [1.807, 2.05) is 19.1 Å². The van der Waals surface area contributed by atoms with Gasteiger partial charge in [0.15, 0.2) is 11.5 Å². The second kappa shape index (κ2) is 7.84. The quantitative estimate of drug-likeness (QED) is 0.654. The zero-order valence-corrected chi connectivity index (χ0v) is 16.0. The molecular weight excluding hydrogens is 382 g/mol. The molecule has 0 aliphatic rings. The van der Waals surface area contributed by atoms with Crippen molar-refractivity contribution in [2.45, 2.75) is 32.4 Å². The van der Waals surface area contributed by atoms with Gasteiger partial charge in [-0.05, 0) is 25.1 Å². The first-order valence-corrected chi connectivity index (χ1v) is 8.90. The monoisotopic (exact) mass is 399 g/mol. The van der Waals surface area contributed by atoms with Gasteiger partial charge in [-0.15, -0.1) is 0 Å². The van der Waals surface area contributed by atoms with Gasteiger partial charge in [0.2, 0.25) is 0 Å². The number of amides is 1. The fourth-order valence-corrected chi connectivity index (χ4v) is 3.24. The molecule has 0 aliphatic heterocycles. The van der Waals surface area contributed by atoms with E-state index in [-0.39, 0.29) is 17.4 Å². The number of hydrogen-bond donors (Lipinski definition) is 2. The van der Waals surface area contributed by atoms with E-state index in [1.54, 1.807) is 29.1 Å². The molecule has 0 saturated carbocycles. The number of rotatable bonds is 6. The van der Waals surface area contributed by atoms with Gasteiger partial charge in [0.05, 0.1) is 16.3 Å². The number of aliphatic hydroxyl groups excluding tert-OH is 1. The van der Waals surface area contributed by atoms with Crippen LogP contribution in [0.5, 0.6) is 0 Å². The highest BCUT2D eigenvalue weighted by Crippen LogP contribution is 2.30. The van der Waals surface area contributed by atoms with E-state index in [4.69, 9.17) is 27.1 Å². The SMILES string of the molecule is CC(Cn1ccc(-c2ccc(C#N)c(Cl)c2)n1)c1c(C(N)=O)noc1[C@H](C)O. The van der Waals surface area contributed by atoms with Crippen LogP contribution in [0.15, 0.2) is 35.0 Å². The molecule has 9 heteroatoms. The van der Waals surface area contributed by atoms with Crippen molar-refractivity contribution < 1.29 is 14.4 Å². The van der Waals surface area contributed by atoms with Gasteiger partial charge < -0.3 is 15.4 Å². The lowest BCUT2D eigenvalue weighted by Gasteiger charge is -2.13. The van der Waals surface area contributed by atoms with E-state index in [2.05, 4.69) is 10.3 Å². The van der Waals surface area contributed by atoms with Gasteiger partial charge in [0.25, 0.3) is 5.91 Å². The van der Waals surface area contributed by atoms with Gasteiger partial charge in [0.1, 0.15) is 12.2 Å². The number of carbonyl (C=O) groups excluding carboxylic acids is 1. The van der Waals surface area contributed by atoms with Gasteiger partial charge >= 0.3 is 0 Å². The van der Waals surface area contributed by atoms with Crippen LogP contribution in [0.4, 0.5) is 0 Å². The Hall–Kier alpha value is -3.15. The average molecular weight is 400 g/mol. The maximum atomic E-state index is 11.6. The summed E-state index contributed by atoms with van der Waals surface area (Å²) in [7, 11) is 0. The minimum atomic E-state index is -0.924. The molecule has 2 aromatic heterocycles. The Morgan fingerprint density at radius 3 is 2.79 bits per heavy atom. The third-order valence-electron chi connectivity index (χ3n) is 4.35. The zero-order chi connectivity index (χ0) is 20.4. The van der Waals surface area contributed by atoms with E-state index >= 15 is 0 Å². The second-order valence-electron chi connectivity index (χ2n) is 6.48. The third kappa shape index (κ3) is 3.76. The van der Waals surface area contributed by atoms with Gasteiger partial charge in [-0.25, -0.2) is 0 Å². The molecule has 0 radical (unpaired) electrons. The Morgan fingerprint density at radius 2 is 2.18 bits per heavy atom. The summed E-state index contributed by atoms with van der Waals surface area (Å²) in [5.74, 6) is -0.742. The van der Waals surface area contributed by atoms with Crippen LogP contribution in [0.2, 0.25) is 5.02 Å². The van der Waals surface area contributed by atoms with Crippen molar-refractivity contribution >= 4 is 17.5 Å². The van der Waals surface area contributed by atoms with Crippen LogP contribution >= 0.6 is 11.6 Å². The molecule has 3 rings (SSSR count). The van der Waals surface area contributed by atoms with Crippen LogP contribution in [0, 0.1) is 11.3 Å². The molecule has 1 aromatic carbocycles. The van der Waals surface area contributed by atoms with Crippen LogP contribution in [0.3, 0.4) is 0 Å². The number of hydrogen-bond acceptors (Lipinski definition) is 6. The number of aromatic nitrogens is 3. The Labute approximate surface area is 166 Å². The highest BCUT2D eigenvalue weighted by Gasteiger charge is 2.27. The molecular formula is C19H18ClN5O3. The average Bonchev–Trinajstić information content (AvgIpc) is 3.28. The summed E-state index contributed by atoms with van der Waals surface area (Å²) >= 11 is 6.09. The molecule has 1 amide bonds. The van der Waals surface area contributed by atoms with Crippen LogP contribution in [0.1, 0.15) is 53.2 Å². The van der Waals surface area contributed by atoms with Crippen LogP contribution < -0.4 is 5.73 Å². The largest absolute Gasteiger partial charge is 0.385 e. The first-order chi connectivity index (χ1) is 13.3. The molecule has 3 N–H and O–H groups in total. The lowest BCUT2D eigenvalue weighted by molar-refractivity contribution is 0.0989. The number of nitrogens with two attached hydrogens (primary N) is 1. The number of nitrogens with zero attached hydrogens (tertiary/aromatic N) is 4. The van der Waals surface area contributed by atoms with E-state index in [1.165, 1.54) is 6.92 Å². The molecule has 0 saturated heterocycles. The molecule has 2 heterocycles. The number of nitriles is 1. The van der Waals surface area contributed by atoms with Crippen LogP contribution in [-0.4, -0.2) is 26.0 Å². The fourth-order valence-electron chi connectivity index (χ4n) is 3.02. The smallest absolute Gasteiger partial charge is 0.271 e. The maximum Gasteiger partial charge on any atom is 0.271 e. The fraction of sp³-hybridized carbons (Fsp3) is 0.263. The normalized spacial score (nSPS) is 13.1. The molecule has 1 unspecified atom stereocenters. The topological polar surface area (TPSA) is 131 Å². The van der Waals surface area contributed by atoms with Gasteiger partial charge in [-0.3, -0.25) is 9.48 Å². The molecule has 8 nitrogen and oxygen atoms in total. The molecule has 28 heavy (non-hydrogen) atoms. The maximum absolute atomic E-state index is 11.6. The Balaban J connectivity index is 1.86. The summed E-state index contributed by atoms with van der Waals surface area (Å²) in [6.07, 6.45) is 0.865. The van der Waals surface area contributed by atoms with Crippen molar-refractivity contribution in [2.75, 3.05) is 0 Å². The Morgan fingerprint density at radius 1 is 1.43 bits per heavy atom. The molecule has 144 valence electrons. The highest BCUT2D eigenvalue weighted by molar-refractivity contribution is 6.32. The van der Waals surface area contributed by atoms with Crippen molar-refractivity contribution in [3.05, 3.63) is 58.1 Å². The van der Waals surface area contributed by atoms with Crippen molar-refractivity contribution in [2.24, 2.45) is 5.73 Å². The number of halogens is 1. The van der Waals surface area contributed by atoms with Crippen molar-refractivity contribution in [1.29, 1.82) is 5.26 Å². The van der Waals surface area contributed by atoms with Gasteiger partial charge in [0, 0.05) is 29.8 Å².